The Morgan fingerprint density at radius 2 is 1.74 bits per heavy atom. The first-order valence-corrected chi connectivity index (χ1v) is 8.69. The zero-order chi connectivity index (χ0) is 17.0. The van der Waals surface area contributed by atoms with Crippen molar-refractivity contribution in [2.75, 3.05) is 7.05 Å². The summed E-state index contributed by atoms with van der Waals surface area (Å²) in [5, 5.41) is 11.1. The van der Waals surface area contributed by atoms with E-state index in [1.54, 1.807) is 24.3 Å². The first-order chi connectivity index (χ1) is 10.8. The van der Waals surface area contributed by atoms with Crippen LogP contribution < -0.4 is 0 Å². The average molecular weight is 355 g/mol. The molecule has 6 nitrogen and oxygen atoms in total. The lowest BCUT2D eigenvalue weighted by atomic mass is 10.2. The van der Waals surface area contributed by atoms with Crippen LogP contribution in [0.5, 0.6) is 0 Å². The zero-order valence-electron chi connectivity index (χ0n) is 12.3. The average Bonchev–Trinajstić information content (AvgIpc) is 2.49. The molecule has 0 saturated heterocycles. The fourth-order valence-electron chi connectivity index (χ4n) is 2.00. The van der Waals surface area contributed by atoms with Gasteiger partial charge in [-0.1, -0.05) is 41.9 Å². The van der Waals surface area contributed by atoms with Crippen LogP contribution in [0.25, 0.3) is 0 Å². The van der Waals surface area contributed by atoms with Crippen molar-refractivity contribution in [2.45, 2.75) is 12.3 Å². The number of nitro groups is 1. The molecule has 0 heterocycles. The Balaban J connectivity index is 2.11. The van der Waals surface area contributed by atoms with Gasteiger partial charge in [0.25, 0.3) is 5.69 Å². The maximum atomic E-state index is 12.4. The molecule has 2 rings (SSSR count). The van der Waals surface area contributed by atoms with Gasteiger partial charge in [0.1, 0.15) is 0 Å². The SMILES string of the molecule is CN(Cc1ccccc1Cl)S(=O)(=O)Cc1ccc([N+](=O)[O-])cc1. The molecule has 8 heteroatoms. The first kappa shape index (κ1) is 17.4. The van der Waals surface area contributed by atoms with Crippen LogP contribution in [0.2, 0.25) is 5.02 Å². The highest BCUT2D eigenvalue weighted by Crippen LogP contribution is 2.20. The third kappa shape index (κ3) is 4.51. The number of hydrogen-bond acceptors (Lipinski definition) is 4. The standard InChI is InChI=1S/C15H15ClN2O4S/c1-17(10-13-4-2-3-5-15(13)16)23(21,22)11-12-6-8-14(9-7-12)18(19)20/h2-9H,10-11H2,1H3. The topological polar surface area (TPSA) is 80.5 Å². The molecule has 0 N–H and O–H groups in total. The summed E-state index contributed by atoms with van der Waals surface area (Å²) >= 11 is 6.04. The molecule has 0 radical (unpaired) electrons. The van der Waals surface area contributed by atoms with Crippen molar-refractivity contribution in [1.29, 1.82) is 0 Å². The molecule has 2 aromatic carbocycles. The van der Waals surface area contributed by atoms with Crippen molar-refractivity contribution in [3.8, 4) is 0 Å². The second kappa shape index (κ2) is 7.08. The number of nitro benzene ring substituents is 1. The lowest BCUT2D eigenvalue weighted by Crippen LogP contribution is -2.27. The number of hydrogen-bond donors (Lipinski definition) is 0. The molecule has 0 saturated carbocycles. The van der Waals surface area contributed by atoms with E-state index in [1.807, 2.05) is 0 Å². The largest absolute Gasteiger partial charge is 0.269 e. The van der Waals surface area contributed by atoms with Crippen molar-refractivity contribution < 1.29 is 13.3 Å². The molecule has 0 amide bonds. The van der Waals surface area contributed by atoms with Gasteiger partial charge in [0, 0.05) is 30.7 Å². The van der Waals surface area contributed by atoms with Gasteiger partial charge >= 0.3 is 0 Å². The zero-order valence-corrected chi connectivity index (χ0v) is 13.9. The number of halogens is 1. The van der Waals surface area contributed by atoms with Gasteiger partial charge in [-0.15, -0.1) is 0 Å². The highest BCUT2D eigenvalue weighted by molar-refractivity contribution is 7.88. The number of rotatable bonds is 6. The Kier molecular flexibility index (Phi) is 5.35. The maximum absolute atomic E-state index is 12.4. The molecule has 0 bridgehead atoms. The summed E-state index contributed by atoms with van der Waals surface area (Å²) in [5.41, 5.74) is 1.13. The van der Waals surface area contributed by atoms with Crippen LogP contribution in [0, 0.1) is 10.1 Å². The smallest absolute Gasteiger partial charge is 0.258 e. The fourth-order valence-corrected chi connectivity index (χ4v) is 3.36. The third-order valence-electron chi connectivity index (χ3n) is 3.32. The fraction of sp³-hybridized carbons (Fsp3) is 0.200. The van der Waals surface area contributed by atoms with Crippen LogP contribution in [0.3, 0.4) is 0 Å². The molecule has 0 unspecified atom stereocenters. The van der Waals surface area contributed by atoms with Gasteiger partial charge in [0.2, 0.25) is 10.0 Å². The van der Waals surface area contributed by atoms with Gasteiger partial charge < -0.3 is 0 Å². The number of sulfonamides is 1. The van der Waals surface area contributed by atoms with E-state index in [4.69, 9.17) is 11.6 Å². The summed E-state index contributed by atoms with van der Waals surface area (Å²) in [5.74, 6) is -0.230. The minimum atomic E-state index is -3.56. The molecule has 0 aliphatic carbocycles. The van der Waals surface area contributed by atoms with Crippen molar-refractivity contribution in [1.82, 2.24) is 4.31 Å². The van der Waals surface area contributed by atoms with Crippen LogP contribution in [-0.2, 0) is 22.3 Å². The van der Waals surface area contributed by atoms with Gasteiger partial charge in [-0.05, 0) is 17.2 Å². The molecular formula is C15H15ClN2O4S. The van der Waals surface area contributed by atoms with Gasteiger partial charge in [0.05, 0.1) is 10.7 Å². The maximum Gasteiger partial charge on any atom is 0.269 e. The van der Waals surface area contributed by atoms with E-state index in [0.29, 0.717) is 16.1 Å². The van der Waals surface area contributed by atoms with E-state index in [9.17, 15) is 18.5 Å². The van der Waals surface area contributed by atoms with Crippen molar-refractivity contribution in [3.05, 3.63) is 74.8 Å². The summed E-state index contributed by atoms with van der Waals surface area (Å²) in [4.78, 5) is 10.1. The molecule has 0 spiro atoms. The second-order valence-electron chi connectivity index (χ2n) is 5.03. The number of nitrogens with zero attached hydrogens (tertiary/aromatic N) is 2. The Labute approximate surface area is 139 Å². The van der Waals surface area contributed by atoms with E-state index in [-0.39, 0.29) is 18.0 Å². The molecule has 0 fully saturated rings. The van der Waals surface area contributed by atoms with Crippen LogP contribution in [0.1, 0.15) is 11.1 Å². The minimum absolute atomic E-state index is 0.0735. The van der Waals surface area contributed by atoms with Gasteiger partial charge in [0.15, 0.2) is 0 Å². The molecule has 0 aliphatic heterocycles. The van der Waals surface area contributed by atoms with E-state index in [2.05, 4.69) is 0 Å². The summed E-state index contributed by atoms with van der Waals surface area (Å²) in [6.07, 6.45) is 0. The quantitative estimate of drug-likeness (QED) is 0.589. The highest BCUT2D eigenvalue weighted by atomic mass is 35.5. The number of non-ortho nitro benzene ring substituents is 1. The van der Waals surface area contributed by atoms with Crippen molar-refractivity contribution >= 4 is 27.3 Å². The Morgan fingerprint density at radius 3 is 2.30 bits per heavy atom. The van der Waals surface area contributed by atoms with Crippen LogP contribution in [-0.4, -0.2) is 24.7 Å². The second-order valence-corrected chi connectivity index (χ2v) is 7.51. The molecule has 122 valence electrons. The van der Waals surface area contributed by atoms with Gasteiger partial charge in [-0.25, -0.2) is 12.7 Å². The van der Waals surface area contributed by atoms with Crippen LogP contribution >= 0.6 is 11.6 Å². The van der Waals surface area contributed by atoms with Crippen LogP contribution in [0.15, 0.2) is 48.5 Å². The summed E-state index contributed by atoms with van der Waals surface area (Å²) in [6, 6.07) is 12.5. The Hall–Kier alpha value is -1.96. The molecule has 0 aromatic heterocycles. The molecule has 0 aliphatic rings. The highest BCUT2D eigenvalue weighted by Gasteiger charge is 2.20. The lowest BCUT2D eigenvalue weighted by Gasteiger charge is -2.18. The molecule has 23 heavy (non-hydrogen) atoms. The predicted molar refractivity (Wildman–Crippen MR) is 88.6 cm³/mol. The Bertz CT molecular complexity index is 806. The van der Waals surface area contributed by atoms with E-state index >= 15 is 0 Å². The number of benzene rings is 2. The summed E-state index contributed by atoms with van der Waals surface area (Å²) < 4.78 is 26.0. The van der Waals surface area contributed by atoms with Crippen molar-refractivity contribution in [2.24, 2.45) is 0 Å². The summed E-state index contributed by atoms with van der Waals surface area (Å²) in [7, 11) is -2.08. The van der Waals surface area contributed by atoms with Crippen LogP contribution in [0.4, 0.5) is 5.69 Å². The normalized spacial score (nSPS) is 11.6. The lowest BCUT2D eigenvalue weighted by molar-refractivity contribution is -0.384. The van der Waals surface area contributed by atoms with E-state index in [0.717, 1.165) is 0 Å². The van der Waals surface area contributed by atoms with Crippen molar-refractivity contribution in [3.63, 3.8) is 0 Å². The monoisotopic (exact) mass is 354 g/mol. The minimum Gasteiger partial charge on any atom is -0.258 e. The molecule has 2 aromatic rings. The molecule has 0 atom stereocenters. The summed E-state index contributed by atoms with van der Waals surface area (Å²) in [6.45, 7) is 0.162. The molecular weight excluding hydrogens is 340 g/mol. The third-order valence-corrected chi connectivity index (χ3v) is 5.47. The Morgan fingerprint density at radius 1 is 1.13 bits per heavy atom. The first-order valence-electron chi connectivity index (χ1n) is 6.70. The van der Waals surface area contributed by atoms with Gasteiger partial charge in [-0.2, -0.15) is 0 Å². The van der Waals surface area contributed by atoms with E-state index < -0.39 is 14.9 Å². The van der Waals surface area contributed by atoms with Gasteiger partial charge in [-0.3, -0.25) is 10.1 Å². The van der Waals surface area contributed by atoms with E-state index in [1.165, 1.54) is 35.6 Å². The predicted octanol–water partition coefficient (Wildman–Crippen LogP) is 3.21.